The van der Waals surface area contributed by atoms with Crippen LogP contribution in [-0.2, 0) is 16.1 Å². The third-order valence-corrected chi connectivity index (χ3v) is 5.24. The summed E-state index contributed by atoms with van der Waals surface area (Å²) in [5, 5.41) is 13.3. The number of ether oxygens (including phenoxy) is 2. The maximum absolute atomic E-state index is 12.9. The molecule has 0 radical (unpaired) electrons. The highest BCUT2D eigenvalue weighted by Crippen LogP contribution is 2.30. The van der Waals surface area contributed by atoms with E-state index in [-0.39, 0.29) is 41.1 Å². The molecule has 0 unspecified atom stereocenters. The summed E-state index contributed by atoms with van der Waals surface area (Å²) in [5.41, 5.74) is 0.218. The smallest absolute Gasteiger partial charge is 0.373 e. The predicted molar refractivity (Wildman–Crippen MR) is 122 cm³/mol. The van der Waals surface area contributed by atoms with Gasteiger partial charge in [-0.05, 0) is 36.4 Å². The lowest BCUT2D eigenvalue weighted by molar-refractivity contribution is -0.385. The first kappa shape index (κ1) is 23.6. The summed E-state index contributed by atoms with van der Waals surface area (Å²) in [6.45, 7) is -0.201. The Morgan fingerprint density at radius 2 is 2.06 bits per heavy atom. The Balaban J connectivity index is 1.56. The zero-order chi connectivity index (χ0) is 25.1. The van der Waals surface area contributed by atoms with Gasteiger partial charge in [0.25, 0.3) is 11.6 Å². The van der Waals surface area contributed by atoms with Gasteiger partial charge in [0.15, 0.2) is 0 Å². The largest absolute Gasteiger partial charge is 0.463 e. The molecule has 3 aromatic rings. The summed E-state index contributed by atoms with van der Waals surface area (Å²) in [6.07, 6.45) is 2.49. The molecule has 3 amide bonds. The van der Waals surface area contributed by atoms with Crippen molar-refractivity contribution in [2.75, 3.05) is 7.11 Å². The van der Waals surface area contributed by atoms with Crippen LogP contribution in [0.5, 0.6) is 11.6 Å². The first-order chi connectivity index (χ1) is 16.7. The Morgan fingerprint density at radius 1 is 1.26 bits per heavy atom. The fraction of sp³-hybridized carbons (Fsp3) is 0.0909. The van der Waals surface area contributed by atoms with E-state index in [1.165, 1.54) is 37.5 Å². The van der Waals surface area contributed by atoms with Crippen molar-refractivity contribution in [2.24, 2.45) is 0 Å². The monoisotopic (exact) mass is 542 g/mol. The number of carbonyl (C=O) groups excluding carboxylic acids is 3. The van der Waals surface area contributed by atoms with Gasteiger partial charge in [-0.25, -0.2) is 14.6 Å². The van der Waals surface area contributed by atoms with E-state index in [9.17, 15) is 24.5 Å². The number of hydrogen-bond donors (Lipinski definition) is 1. The maximum atomic E-state index is 12.9. The number of esters is 1. The van der Waals surface area contributed by atoms with E-state index >= 15 is 0 Å². The molecule has 3 heterocycles. The maximum Gasteiger partial charge on any atom is 0.373 e. The number of aromatic nitrogens is 1. The molecule has 4 rings (SSSR count). The highest BCUT2D eigenvalue weighted by Gasteiger charge is 2.34. The molecule has 2 aromatic heterocycles. The van der Waals surface area contributed by atoms with Crippen LogP contribution in [0.1, 0.15) is 21.9 Å². The van der Waals surface area contributed by atoms with Gasteiger partial charge in [-0.15, -0.1) is 0 Å². The molecule has 0 bridgehead atoms. The first-order valence-corrected chi connectivity index (χ1v) is 10.6. The molecule has 1 aromatic carbocycles. The minimum atomic E-state index is -0.682. The second kappa shape index (κ2) is 9.77. The van der Waals surface area contributed by atoms with Crippen LogP contribution >= 0.6 is 15.9 Å². The van der Waals surface area contributed by atoms with Gasteiger partial charge in [0, 0.05) is 22.2 Å². The first-order valence-electron chi connectivity index (χ1n) is 9.84. The quantitative estimate of drug-likeness (QED) is 0.153. The van der Waals surface area contributed by atoms with Gasteiger partial charge in [-0.3, -0.25) is 19.8 Å². The number of carbonyl (C=O) groups is 3. The number of nitrogens with one attached hydrogen (secondary N) is 1. The normalized spacial score (nSPS) is 14.2. The number of pyridine rings is 1. The molecule has 0 atom stereocenters. The Bertz CT molecular complexity index is 1370. The molecule has 1 saturated heterocycles. The van der Waals surface area contributed by atoms with Crippen LogP contribution in [0.4, 0.5) is 10.5 Å². The van der Waals surface area contributed by atoms with Crippen molar-refractivity contribution in [3.8, 4) is 11.6 Å². The van der Waals surface area contributed by atoms with Gasteiger partial charge in [0.1, 0.15) is 23.4 Å². The van der Waals surface area contributed by atoms with E-state index in [0.29, 0.717) is 10.0 Å². The molecule has 1 aliphatic heterocycles. The van der Waals surface area contributed by atoms with Gasteiger partial charge in [-0.2, -0.15) is 0 Å². The van der Waals surface area contributed by atoms with Crippen molar-refractivity contribution in [2.45, 2.75) is 6.54 Å². The van der Waals surface area contributed by atoms with Crippen LogP contribution in [-0.4, -0.2) is 39.8 Å². The SMILES string of the molecule is COC(=O)c1ccc(CN2C(=O)N/C(=C\c3cc(Br)ccc3Oc3ccc([N+](=O)[O-])cn3)C2=O)o1. The second-order valence-corrected chi connectivity index (χ2v) is 7.95. The second-order valence-electron chi connectivity index (χ2n) is 7.03. The Kier molecular flexibility index (Phi) is 6.59. The lowest BCUT2D eigenvalue weighted by atomic mass is 10.1. The summed E-state index contributed by atoms with van der Waals surface area (Å²) in [5.74, 6) is -0.757. The molecule has 35 heavy (non-hydrogen) atoms. The van der Waals surface area contributed by atoms with Crippen molar-refractivity contribution >= 4 is 45.6 Å². The summed E-state index contributed by atoms with van der Waals surface area (Å²) >= 11 is 3.35. The predicted octanol–water partition coefficient (Wildman–Crippen LogP) is 4.02. The van der Waals surface area contributed by atoms with Crippen molar-refractivity contribution in [1.82, 2.24) is 15.2 Å². The fourth-order valence-corrected chi connectivity index (χ4v) is 3.46. The Morgan fingerprint density at radius 3 is 2.74 bits per heavy atom. The topological polar surface area (TPSA) is 154 Å². The average Bonchev–Trinajstić information content (AvgIpc) is 3.41. The highest BCUT2D eigenvalue weighted by atomic mass is 79.9. The number of imide groups is 1. The molecule has 0 aliphatic carbocycles. The summed E-state index contributed by atoms with van der Waals surface area (Å²) < 4.78 is 16.3. The number of benzene rings is 1. The molecule has 12 nitrogen and oxygen atoms in total. The lowest BCUT2D eigenvalue weighted by Gasteiger charge is -2.10. The molecule has 1 N–H and O–H groups in total. The minimum absolute atomic E-state index is 0.0191. The molecule has 1 fully saturated rings. The van der Waals surface area contributed by atoms with Crippen molar-refractivity contribution in [1.29, 1.82) is 0 Å². The number of amides is 3. The number of rotatable bonds is 7. The Hall–Kier alpha value is -4.52. The number of furan rings is 1. The van der Waals surface area contributed by atoms with E-state index in [1.807, 2.05) is 0 Å². The zero-order valence-corrected chi connectivity index (χ0v) is 19.5. The summed E-state index contributed by atoms with van der Waals surface area (Å²) in [6, 6.07) is 9.72. The standard InChI is InChI=1S/C22H15BrN4O8/c1-33-21(29)18-6-4-15(34-18)11-26-20(28)16(25-22(26)30)9-12-8-13(23)2-5-17(12)35-19-7-3-14(10-24-19)27(31)32/h2-10H,11H2,1H3,(H,25,30)/b16-9-. The molecule has 178 valence electrons. The number of nitrogens with zero attached hydrogens (tertiary/aromatic N) is 3. The number of hydrogen-bond acceptors (Lipinski definition) is 9. The number of nitro groups is 1. The minimum Gasteiger partial charge on any atom is -0.463 e. The van der Waals surface area contributed by atoms with E-state index in [0.717, 1.165) is 11.1 Å². The van der Waals surface area contributed by atoms with E-state index in [2.05, 4.69) is 31.0 Å². The summed E-state index contributed by atoms with van der Waals surface area (Å²) in [7, 11) is 1.21. The van der Waals surface area contributed by atoms with Gasteiger partial charge >= 0.3 is 12.0 Å². The van der Waals surface area contributed by atoms with Crippen molar-refractivity contribution < 1.29 is 33.2 Å². The lowest BCUT2D eigenvalue weighted by Crippen LogP contribution is -2.30. The van der Waals surface area contributed by atoms with Crippen molar-refractivity contribution in [3.05, 3.63) is 86.0 Å². The molecular formula is C22H15BrN4O8. The highest BCUT2D eigenvalue weighted by molar-refractivity contribution is 9.10. The third kappa shape index (κ3) is 5.19. The Labute approximate surface area is 205 Å². The zero-order valence-electron chi connectivity index (χ0n) is 17.9. The van der Waals surface area contributed by atoms with Crippen LogP contribution in [0.2, 0.25) is 0 Å². The van der Waals surface area contributed by atoms with E-state index in [1.54, 1.807) is 18.2 Å². The van der Waals surface area contributed by atoms with Crippen LogP contribution in [0, 0.1) is 10.1 Å². The molecule has 0 saturated carbocycles. The summed E-state index contributed by atoms with van der Waals surface area (Å²) in [4.78, 5) is 51.9. The average molecular weight is 543 g/mol. The van der Waals surface area contributed by atoms with Crippen LogP contribution < -0.4 is 10.1 Å². The fourth-order valence-electron chi connectivity index (χ4n) is 3.08. The third-order valence-electron chi connectivity index (χ3n) is 4.74. The van der Waals surface area contributed by atoms with Crippen molar-refractivity contribution in [3.63, 3.8) is 0 Å². The van der Waals surface area contributed by atoms with Crippen LogP contribution in [0.25, 0.3) is 6.08 Å². The molecule has 13 heteroatoms. The van der Waals surface area contributed by atoms with Gasteiger partial charge in [0.2, 0.25) is 11.6 Å². The number of urea groups is 1. The molecule has 0 spiro atoms. The van der Waals surface area contributed by atoms with Gasteiger partial charge in [-0.1, -0.05) is 15.9 Å². The van der Waals surface area contributed by atoms with Crippen LogP contribution in [0.15, 0.2) is 63.2 Å². The number of methoxy groups -OCH3 is 1. The van der Waals surface area contributed by atoms with Crippen LogP contribution in [0.3, 0.4) is 0 Å². The molecule has 1 aliphatic rings. The van der Waals surface area contributed by atoms with E-state index < -0.39 is 22.8 Å². The van der Waals surface area contributed by atoms with Gasteiger partial charge < -0.3 is 19.2 Å². The van der Waals surface area contributed by atoms with E-state index in [4.69, 9.17) is 9.15 Å². The number of halogens is 1. The van der Waals surface area contributed by atoms with Gasteiger partial charge in [0.05, 0.1) is 18.6 Å². The molecular weight excluding hydrogens is 528 g/mol.